The Morgan fingerprint density at radius 1 is 1.04 bits per heavy atom. The summed E-state index contributed by atoms with van der Waals surface area (Å²) in [6.45, 7) is 3.63. The Balaban J connectivity index is 1.92. The van der Waals surface area contributed by atoms with Crippen LogP contribution in [0, 0.1) is 5.92 Å². The zero-order chi connectivity index (χ0) is 17.5. The van der Waals surface area contributed by atoms with E-state index >= 15 is 0 Å². The fraction of sp³-hybridized carbons (Fsp3) is 0.167. The number of rotatable bonds is 5. The minimum Gasteiger partial charge on any atom is -0.326 e. The van der Waals surface area contributed by atoms with Gasteiger partial charge in [-0.25, -0.2) is 5.43 Å². The van der Waals surface area contributed by atoms with Gasteiger partial charge in [-0.05, 0) is 42.0 Å². The minimum atomic E-state index is -0.332. The van der Waals surface area contributed by atoms with E-state index in [-0.39, 0.29) is 17.7 Å². The van der Waals surface area contributed by atoms with E-state index in [4.69, 9.17) is 11.6 Å². The van der Waals surface area contributed by atoms with Crippen molar-refractivity contribution in [2.45, 2.75) is 13.8 Å². The van der Waals surface area contributed by atoms with Gasteiger partial charge in [0, 0.05) is 22.2 Å². The summed E-state index contributed by atoms with van der Waals surface area (Å²) in [5.41, 5.74) is 4.37. The standard InChI is InChI=1S/C18H18ClN3O2/c1-12(2)17(23)21-16-9-5-14(6-10-16)18(24)22-20-11-13-3-7-15(19)8-4-13/h3-12H,1-2H3,(H,21,23)(H,22,24). The zero-order valence-electron chi connectivity index (χ0n) is 13.4. The quantitative estimate of drug-likeness (QED) is 0.642. The summed E-state index contributed by atoms with van der Waals surface area (Å²) in [5, 5.41) is 7.31. The van der Waals surface area contributed by atoms with Gasteiger partial charge >= 0.3 is 0 Å². The number of carbonyl (C=O) groups excluding carboxylic acids is 2. The van der Waals surface area contributed by atoms with Crippen LogP contribution in [0.25, 0.3) is 0 Å². The molecule has 5 nitrogen and oxygen atoms in total. The minimum absolute atomic E-state index is 0.0697. The van der Waals surface area contributed by atoms with Gasteiger partial charge in [0.2, 0.25) is 5.91 Å². The van der Waals surface area contributed by atoms with Crippen LogP contribution in [0.15, 0.2) is 53.6 Å². The Kier molecular flexibility index (Phi) is 6.09. The van der Waals surface area contributed by atoms with Crippen LogP contribution in [0.1, 0.15) is 29.8 Å². The summed E-state index contributed by atoms with van der Waals surface area (Å²) in [7, 11) is 0. The number of benzene rings is 2. The summed E-state index contributed by atoms with van der Waals surface area (Å²) < 4.78 is 0. The van der Waals surface area contributed by atoms with Crippen LogP contribution in [0.3, 0.4) is 0 Å². The van der Waals surface area contributed by atoms with Gasteiger partial charge in [0.15, 0.2) is 0 Å². The molecule has 2 amide bonds. The van der Waals surface area contributed by atoms with Crippen molar-refractivity contribution < 1.29 is 9.59 Å². The van der Waals surface area contributed by atoms with E-state index in [0.717, 1.165) is 5.56 Å². The summed E-state index contributed by atoms with van der Waals surface area (Å²) in [6, 6.07) is 13.7. The largest absolute Gasteiger partial charge is 0.326 e. The molecule has 0 spiro atoms. The average molecular weight is 344 g/mol. The number of carbonyl (C=O) groups is 2. The third-order valence-electron chi connectivity index (χ3n) is 3.19. The van der Waals surface area contributed by atoms with Crippen molar-refractivity contribution >= 4 is 35.3 Å². The van der Waals surface area contributed by atoms with Gasteiger partial charge in [-0.15, -0.1) is 0 Å². The number of hydrogen-bond donors (Lipinski definition) is 2. The van der Waals surface area contributed by atoms with Gasteiger partial charge in [0.1, 0.15) is 0 Å². The molecule has 2 aromatic carbocycles. The number of halogens is 1. The molecule has 0 atom stereocenters. The van der Waals surface area contributed by atoms with Gasteiger partial charge in [-0.3, -0.25) is 9.59 Å². The first-order valence-electron chi connectivity index (χ1n) is 7.45. The second kappa shape index (κ2) is 8.26. The van der Waals surface area contributed by atoms with Crippen LogP contribution in [0.2, 0.25) is 5.02 Å². The highest BCUT2D eigenvalue weighted by Gasteiger charge is 2.08. The molecule has 0 aliphatic heterocycles. The van der Waals surface area contributed by atoms with Crippen LogP contribution < -0.4 is 10.7 Å². The molecule has 0 aliphatic rings. The lowest BCUT2D eigenvalue weighted by atomic mass is 10.1. The SMILES string of the molecule is CC(C)C(=O)Nc1ccc(C(=O)NN=Cc2ccc(Cl)cc2)cc1. The first-order chi connectivity index (χ1) is 11.5. The summed E-state index contributed by atoms with van der Waals surface area (Å²) >= 11 is 5.80. The number of amides is 2. The highest BCUT2D eigenvalue weighted by Crippen LogP contribution is 2.11. The molecule has 0 heterocycles. The highest BCUT2D eigenvalue weighted by atomic mass is 35.5. The van der Waals surface area contributed by atoms with E-state index in [1.807, 2.05) is 13.8 Å². The molecule has 2 aromatic rings. The predicted molar refractivity (Wildman–Crippen MR) is 96.4 cm³/mol. The van der Waals surface area contributed by atoms with Crippen molar-refractivity contribution in [2.75, 3.05) is 5.32 Å². The third-order valence-corrected chi connectivity index (χ3v) is 3.44. The normalized spacial score (nSPS) is 10.8. The van der Waals surface area contributed by atoms with Gasteiger partial charge in [0.05, 0.1) is 6.21 Å². The fourth-order valence-electron chi connectivity index (χ4n) is 1.77. The molecular formula is C18H18ClN3O2. The van der Waals surface area contributed by atoms with Gasteiger partial charge in [-0.2, -0.15) is 5.10 Å². The summed E-state index contributed by atoms with van der Waals surface area (Å²) in [4.78, 5) is 23.6. The van der Waals surface area contributed by atoms with E-state index in [9.17, 15) is 9.59 Å². The molecule has 0 saturated carbocycles. The van der Waals surface area contributed by atoms with Gasteiger partial charge in [0.25, 0.3) is 5.91 Å². The third kappa shape index (κ3) is 5.21. The maximum absolute atomic E-state index is 12.0. The number of nitrogens with one attached hydrogen (secondary N) is 2. The van der Waals surface area contributed by atoms with Crippen LogP contribution >= 0.6 is 11.6 Å². The number of hydrazone groups is 1. The van der Waals surface area contributed by atoms with Gasteiger partial charge < -0.3 is 5.32 Å². The average Bonchev–Trinajstić information content (AvgIpc) is 2.57. The van der Waals surface area contributed by atoms with Crippen LogP contribution in [-0.4, -0.2) is 18.0 Å². The molecule has 0 radical (unpaired) electrons. The van der Waals surface area contributed by atoms with Crippen molar-refractivity contribution in [1.29, 1.82) is 0 Å². The lowest BCUT2D eigenvalue weighted by molar-refractivity contribution is -0.118. The second-order valence-corrected chi connectivity index (χ2v) is 5.91. The molecule has 0 bridgehead atoms. The molecular weight excluding hydrogens is 326 g/mol. The molecule has 0 unspecified atom stereocenters. The van der Waals surface area contributed by atoms with Crippen molar-refractivity contribution in [3.8, 4) is 0 Å². The second-order valence-electron chi connectivity index (χ2n) is 5.47. The number of hydrogen-bond acceptors (Lipinski definition) is 3. The lowest BCUT2D eigenvalue weighted by Crippen LogP contribution is -2.19. The zero-order valence-corrected chi connectivity index (χ0v) is 14.2. The Bertz CT molecular complexity index is 738. The van der Waals surface area contributed by atoms with E-state index in [1.165, 1.54) is 6.21 Å². The Labute approximate surface area is 145 Å². The topological polar surface area (TPSA) is 70.6 Å². The van der Waals surface area contributed by atoms with Crippen molar-refractivity contribution in [2.24, 2.45) is 11.0 Å². The van der Waals surface area contributed by atoms with Crippen LogP contribution in [0.4, 0.5) is 5.69 Å². The van der Waals surface area contributed by atoms with Crippen molar-refractivity contribution in [3.63, 3.8) is 0 Å². The molecule has 2 N–H and O–H groups in total. The first-order valence-corrected chi connectivity index (χ1v) is 7.83. The molecule has 124 valence electrons. The number of nitrogens with zero attached hydrogens (tertiary/aromatic N) is 1. The van der Waals surface area contributed by atoms with E-state index in [0.29, 0.717) is 16.3 Å². The molecule has 2 rings (SSSR count). The monoisotopic (exact) mass is 343 g/mol. The van der Waals surface area contributed by atoms with Gasteiger partial charge in [-0.1, -0.05) is 37.6 Å². The maximum atomic E-state index is 12.0. The van der Waals surface area contributed by atoms with E-state index < -0.39 is 0 Å². The molecule has 0 saturated heterocycles. The van der Waals surface area contributed by atoms with E-state index in [1.54, 1.807) is 48.5 Å². The maximum Gasteiger partial charge on any atom is 0.271 e. The molecule has 0 aromatic heterocycles. The molecule has 0 aliphatic carbocycles. The summed E-state index contributed by atoms with van der Waals surface area (Å²) in [6.07, 6.45) is 1.53. The van der Waals surface area contributed by atoms with E-state index in [2.05, 4.69) is 15.8 Å². The highest BCUT2D eigenvalue weighted by molar-refractivity contribution is 6.30. The predicted octanol–water partition coefficient (Wildman–Crippen LogP) is 3.70. The Hall–Kier alpha value is -2.66. The van der Waals surface area contributed by atoms with Crippen LogP contribution in [-0.2, 0) is 4.79 Å². The van der Waals surface area contributed by atoms with Crippen molar-refractivity contribution in [3.05, 3.63) is 64.7 Å². The smallest absolute Gasteiger partial charge is 0.271 e. The molecule has 0 fully saturated rings. The first kappa shape index (κ1) is 17.7. The number of anilines is 1. The van der Waals surface area contributed by atoms with Crippen LogP contribution in [0.5, 0.6) is 0 Å². The molecule has 24 heavy (non-hydrogen) atoms. The lowest BCUT2D eigenvalue weighted by Gasteiger charge is -2.08. The Morgan fingerprint density at radius 2 is 1.67 bits per heavy atom. The van der Waals surface area contributed by atoms with Crippen molar-refractivity contribution in [1.82, 2.24) is 5.43 Å². The summed E-state index contributed by atoms with van der Waals surface area (Å²) in [5.74, 6) is -0.503. The fourth-order valence-corrected chi connectivity index (χ4v) is 1.90. The molecule has 6 heteroatoms. The Morgan fingerprint density at radius 3 is 2.25 bits per heavy atom.